The van der Waals surface area contributed by atoms with Crippen LogP contribution in [0.5, 0.6) is 0 Å². The molecule has 1 aromatic rings. The number of carbonyl (C=O) groups is 1. The molecule has 4 heteroatoms. The number of aromatic nitrogens is 2. The fourth-order valence-electron chi connectivity index (χ4n) is 1.02. The number of rotatable bonds is 4. The van der Waals surface area contributed by atoms with Crippen molar-refractivity contribution in [2.45, 2.75) is 20.3 Å². The summed E-state index contributed by atoms with van der Waals surface area (Å²) in [4.78, 5) is 19.3. The normalized spacial score (nSPS) is 10.5. The Hall–Kier alpha value is -1.71. The Morgan fingerprint density at radius 2 is 2.33 bits per heavy atom. The number of carbonyl (C=O) groups excluding carboxylic acids is 1. The maximum absolute atomic E-state index is 11.0. The molecule has 0 aliphatic heterocycles. The van der Waals surface area contributed by atoms with E-state index in [9.17, 15) is 4.79 Å². The van der Waals surface area contributed by atoms with Gasteiger partial charge in [-0.25, -0.2) is 14.8 Å². The quantitative estimate of drug-likeness (QED) is 0.555. The van der Waals surface area contributed by atoms with Gasteiger partial charge in [-0.2, -0.15) is 0 Å². The summed E-state index contributed by atoms with van der Waals surface area (Å²) in [5.41, 5.74) is 0.718. The third-order valence-electron chi connectivity index (χ3n) is 1.72. The number of hydrogen-bond donors (Lipinski definition) is 0. The van der Waals surface area contributed by atoms with Gasteiger partial charge in [0.15, 0.2) is 0 Å². The van der Waals surface area contributed by atoms with E-state index in [2.05, 4.69) is 9.97 Å². The second kappa shape index (κ2) is 5.90. The summed E-state index contributed by atoms with van der Waals surface area (Å²) in [5, 5.41) is 0. The minimum Gasteiger partial charge on any atom is -0.463 e. The van der Waals surface area contributed by atoms with E-state index in [-0.39, 0.29) is 5.97 Å². The molecule has 0 amide bonds. The van der Waals surface area contributed by atoms with Crippen LogP contribution in [0.15, 0.2) is 18.3 Å². The van der Waals surface area contributed by atoms with Crippen molar-refractivity contribution in [3.63, 3.8) is 0 Å². The molecule has 0 spiro atoms. The van der Waals surface area contributed by atoms with Gasteiger partial charge in [-0.05, 0) is 19.1 Å². The predicted octanol–water partition coefficient (Wildman–Crippen LogP) is 1.62. The second-order valence-electron chi connectivity index (χ2n) is 2.84. The van der Waals surface area contributed by atoms with E-state index in [4.69, 9.17) is 4.74 Å². The standard InChI is InChI=1S/C11H14N2O2/c1-3-10-12-8-7-9(13-10)5-6-11(14)15-4-2/h5-8H,3-4H2,1-2H3/b6-5+. The lowest BCUT2D eigenvalue weighted by Gasteiger charge is -1.97. The third-order valence-corrected chi connectivity index (χ3v) is 1.72. The summed E-state index contributed by atoms with van der Waals surface area (Å²) in [6.07, 6.45) is 5.45. The molecule has 0 radical (unpaired) electrons. The first kappa shape index (κ1) is 11.4. The van der Waals surface area contributed by atoms with Crippen LogP contribution in [-0.2, 0) is 16.0 Å². The number of aryl methyl sites for hydroxylation is 1. The summed E-state index contributed by atoms with van der Waals surface area (Å²) in [5.74, 6) is 0.412. The summed E-state index contributed by atoms with van der Waals surface area (Å²) < 4.78 is 4.75. The Kier molecular flexibility index (Phi) is 4.47. The molecule has 0 bridgehead atoms. The van der Waals surface area contributed by atoms with Crippen molar-refractivity contribution in [3.8, 4) is 0 Å². The number of nitrogens with zero attached hydrogens (tertiary/aromatic N) is 2. The summed E-state index contributed by atoms with van der Waals surface area (Å²) >= 11 is 0. The third kappa shape index (κ3) is 3.89. The molecule has 0 unspecified atom stereocenters. The smallest absolute Gasteiger partial charge is 0.330 e. The van der Waals surface area contributed by atoms with Gasteiger partial charge in [0.05, 0.1) is 12.3 Å². The highest BCUT2D eigenvalue weighted by Gasteiger charge is 1.96. The SMILES string of the molecule is CCOC(=O)/C=C/c1ccnc(CC)n1. The van der Waals surface area contributed by atoms with E-state index in [0.29, 0.717) is 6.61 Å². The minimum absolute atomic E-state index is 0.353. The molecule has 4 nitrogen and oxygen atoms in total. The van der Waals surface area contributed by atoms with Crippen LogP contribution >= 0.6 is 0 Å². The summed E-state index contributed by atoms with van der Waals surface area (Å²) in [6, 6.07) is 1.74. The van der Waals surface area contributed by atoms with E-state index in [1.165, 1.54) is 6.08 Å². The summed E-state index contributed by atoms with van der Waals surface area (Å²) in [6.45, 7) is 4.13. The van der Waals surface area contributed by atoms with Crippen LogP contribution in [0.2, 0.25) is 0 Å². The molecule has 0 saturated carbocycles. The fraction of sp³-hybridized carbons (Fsp3) is 0.364. The first-order valence-corrected chi connectivity index (χ1v) is 4.93. The van der Waals surface area contributed by atoms with Crippen LogP contribution in [-0.4, -0.2) is 22.5 Å². The molecule has 0 aliphatic carbocycles. The zero-order chi connectivity index (χ0) is 11.1. The van der Waals surface area contributed by atoms with Crippen LogP contribution in [0.1, 0.15) is 25.4 Å². The van der Waals surface area contributed by atoms with E-state index in [1.807, 2.05) is 6.92 Å². The Bertz CT molecular complexity index is 361. The van der Waals surface area contributed by atoms with Gasteiger partial charge in [-0.15, -0.1) is 0 Å². The Morgan fingerprint density at radius 3 is 3.00 bits per heavy atom. The van der Waals surface area contributed by atoms with Crippen molar-refractivity contribution in [1.82, 2.24) is 9.97 Å². The largest absolute Gasteiger partial charge is 0.463 e. The highest BCUT2D eigenvalue weighted by atomic mass is 16.5. The topological polar surface area (TPSA) is 52.1 Å². The molecule has 0 saturated heterocycles. The molecule has 0 fully saturated rings. The van der Waals surface area contributed by atoms with E-state index < -0.39 is 0 Å². The molecule has 0 N–H and O–H groups in total. The van der Waals surface area contributed by atoms with Crippen LogP contribution in [0.3, 0.4) is 0 Å². The van der Waals surface area contributed by atoms with Gasteiger partial charge in [0.25, 0.3) is 0 Å². The van der Waals surface area contributed by atoms with Crippen molar-refractivity contribution in [2.24, 2.45) is 0 Å². The molecule has 1 rings (SSSR count). The van der Waals surface area contributed by atoms with Crippen LogP contribution in [0.25, 0.3) is 6.08 Å². The van der Waals surface area contributed by atoms with Gasteiger partial charge < -0.3 is 4.74 Å². The first-order valence-electron chi connectivity index (χ1n) is 4.93. The lowest BCUT2D eigenvalue weighted by Crippen LogP contribution is -1.99. The van der Waals surface area contributed by atoms with Gasteiger partial charge in [0.1, 0.15) is 5.82 Å². The molecule has 15 heavy (non-hydrogen) atoms. The van der Waals surface area contributed by atoms with Crippen LogP contribution in [0.4, 0.5) is 0 Å². The van der Waals surface area contributed by atoms with Crippen LogP contribution in [0, 0.1) is 0 Å². The van der Waals surface area contributed by atoms with Crippen molar-refractivity contribution in [2.75, 3.05) is 6.61 Å². The van der Waals surface area contributed by atoms with E-state index >= 15 is 0 Å². The van der Waals surface area contributed by atoms with Crippen molar-refractivity contribution in [3.05, 3.63) is 29.9 Å². The predicted molar refractivity (Wildman–Crippen MR) is 57.1 cm³/mol. The lowest BCUT2D eigenvalue weighted by atomic mass is 10.3. The molecule has 0 aromatic carbocycles. The molecule has 80 valence electrons. The van der Waals surface area contributed by atoms with E-state index in [0.717, 1.165) is 17.9 Å². The fourth-order valence-corrected chi connectivity index (χ4v) is 1.02. The zero-order valence-corrected chi connectivity index (χ0v) is 8.93. The lowest BCUT2D eigenvalue weighted by molar-refractivity contribution is -0.137. The Balaban J connectivity index is 2.67. The number of esters is 1. The molecular formula is C11H14N2O2. The van der Waals surface area contributed by atoms with E-state index in [1.54, 1.807) is 25.3 Å². The highest BCUT2D eigenvalue weighted by molar-refractivity contribution is 5.86. The van der Waals surface area contributed by atoms with Gasteiger partial charge in [-0.1, -0.05) is 6.92 Å². The minimum atomic E-state index is -0.353. The van der Waals surface area contributed by atoms with Crippen molar-refractivity contribution < 1.29 is 9.53 Å². The number of ether oxygens (including phenoxy) is 1. The molecule has 0 aliphatic rings. The van der Waals surface area contributed by atoms with Crippen molar-refractivity contribution >= 4 is 12.0 Å². The van der Waals surface area contributed by atoms with Gasteiger partial charge in [0.2, 0.25) is 0 Å². The van der Waals surface area contributed by atoms with Gasteiger partial charge >= 0.3 is 5.97 Å². The monoisotopic (exact) mass is 206 g/mol. The number of hydrogen-bond acceptors (Lipinski definition) is 4. The summed E-state index contributed by atoms with van der Waals surface area (Å²) in [7, 11) is 0. The maximum Gasteiger partial charge on any atom is 0.330 e. The van der Waals surface area contributed by atoms with Gasteiger partial charge in [-0.3, -0.25) is 0 Å². The Morgan fingerprint density at radius 1 is 1.53 bits per heavy atom. The average Bonchev–Trinajstić information content (AvgIpc) is 2.27. The average molecular weight is 206 g/mol. The van der Waals surface area contributed by atoms with Gasteiger partial charge in [0, 0.05) is 18.7 Å². The zero-order valence-electron chi connectivity index (χ0n) is 8.93. The van der Waals surface area contributed by atoms with Crippen molar-refractivity contribution in [1.29, 1.82) is 0 Å². The molecule has 1 aromatic heterocycles. The van der Waals surface area contributed by atoms with Crippen LogP contribution < -0.4 is 0 Å². The molecule has 0 atom stereocenters. The highest BCUT2D eigenvalue weighted by Crippen LogP contribution is 1.99. The Labute approximate surface area is 89.0 Å². The first-order chi connectivity index (χ1) is 7.26. The molecular weight excluding hydrogens is 192 g/mol. The second-order valence-corrected chi connectivity index (χ2v) is 2.84. The molecule has 1 heterocycles. The maximum atomic E-state index is 11.0.